The number of pyridine rings is 1. The van der Waals surface area contributed by atoms with Crippen LogP contribution in [0.4, 0.5) is 11.4 Å². The molecule has 1 amide bonds. The lowest BCUT2D eigenvalue weighted by atomic mass is 9.49. The number of carbonyl (C=O) groups excluding carboxylic acids is 1. The van der Waals surface area contributed by atoms with Gasteiger partial charge in [-0.15, -0.1) is 0 Å². The summed E-state index contributed by atoms with van der Waals surface area (Å²) in [5.74, 6) is 2.53. The molecule has 20 heavy (non-hydrogen) atoms. The molecule has 4 aliphatic rings. The van der Waals surface area contributed by atoms with Crippen LogP contribution in [-0.4, -0.2) is 10.9 Å². The van der Waals surface area contributed by atoms with Gasteiger partial charge in [0.15, 0.2) is 0 Å². The highest BCUT2D eigenvalue weighted by Crippen LogP contribution is 2.60. The first-order valence-corrected chi connectivity index (χ1v) is 7.65. The molecule has 1 heterocycles. The summed E-state index contributed by atoms with van der Waals surface area (Å²) in [5.41, 5.74) is 7.02. The molecule has 0 radical (unpaired) electrons. The van der Waals surface area contributed by atoms with Gasteiger partial charge in [0, 0.05) is 6.20 Å². The van der Waals surface area contributed by atoms with Crippen LogP contribution in [0.2, 0.25) is 0 Å². The highest BCUT2D eigenvalue weighted by molar-refractivity contribution is 5.97. The molecule has 0 aromatic carbocycles. The van der Waals surface area contributed by atoms with Crippen molar-refractivity contribution in [2.45, 2.75) is 38.5 Å². The molecule has 0 spiro atoms. The minimum Gasteiger partial charge on any atom is -0.396 e. The van der Waals surface area contributed by atoms with Crippen molar-refractivity contribution in [3.8, 4) is 0 Å². The fourth-order valence-corrected chi connectivity index (χ4v) is 5.16. The summed E-state index contributed by atoms with van der Waals surface area (Å²) in [5, 5.41) is 3.06. The van der Waals surface area contributed by atoms with Gasteiger partial charge < -0.3 is 11.1 Å². The molecule has 4 aliphatic carbocycles. The number of rotatable bonds is 2. The van der Waals surface area contributed by atoms with E-state index in [4.69, 9.17) is 5.73 Å². The van der Waals surface area contributed by atoms with Gasteiger partial charge in [0.25, 0.3) is 0 Å². The van der Waals surface area contributed by atoms with Crippen LogP contribution in [0.3, 0.4) is 0 Å². The second-order valence-corrected chi connectivity index (χ2v) is 7.11. The van der Waals surface area contributed by atoms with Crippen LogP contribution < -0.4 is 11.1 Å². The van der Waals surface area contributed by atoms with E-state index in [0.717, 1.165) is 37.0 Å². The lowest BCUT2D eigenvalue weighted by Gasteiger charge is -2.55. The molecule has 0 saturated heterocycles. The Morgan fingerprint density at radius 1 is 1.20 bits per heavy atom. The monoisotopic (exact) mass is 271 g/mol. The number of hydrogen-bond donors (Lipinski definition) is 2. The molecule has 4 fully saturated rings. The summed E-state index contributed by atoms with van der Waals surface area (Å²) in [4.78, 5) is 16.8. The van der Waals surface area contributed by atoms with E-state index in [1.54, 1.807) is 18.5 Å². The average Bonchev–Trinajstić information content (AvgIpc) is 2.40. The van der Waals surface area contributed by atoms with Crippen molar-refractivity contribution >= 4 is 17.3 Å². The van der Waals surface area contributed by atoms with Crippen molar-refractivity contribution < 1.29 is 4.79 Å². The molecule has 5 rings (SSSR count). The summed E-state index contributed by atoms with van der Waals surface area (Å²) in [6.45, 7) is 0. The Hall–Kier alpha value is -1.58. The van der Waals surface area contributed by atoms with Crippen LogP contribution in [0.15, 0.2) is 18.5 Å². The maximum absolute atomic E-state index is 12.8. The zero-order valence-electron chi connectivity index (χ0n) is 11.6. The highest BCUT2D eigenvalue weighted by atomic mass is 16.2. The summed E-state index contributed by atoms with van der Waals surface area (Å²) in [6.07, 6.45) is 10.6. The van der Waals surface area contributed by atoms with Crippen LogP contribution in [0.5, 0.6) is 0 Å². The average molecular weight is 271 g/mol. The Morgan fingerprint density at radius 3 is 2.35 bits per heavy atom. The minimum absolute atomic E-state index is 0.121. The zero-order chi connectivity index (χ0) is 13.7. The predicted octanol–water partition coefficient (Wildman–Crippen LogP) is 2.82. The molecule has 4 bridgehead atoms. The predicted molar refractivity (Wildman–Crippen MR) is 77.9 cm³/mol. The van der Waals surface area contributed by atoms with Crippen molar-refractivity contribution in [3.05, 3.63) is 18.5 Å². The van der Waals surface area contributed by atoms with E-state index < -0.39 is 0 Å². The Morgan fingerprint density at radius 2 is 1.80 bits per heavy atom. The van der Waals surface area contributed by atoms with Gasteiger partial charge >= 0.3 is 0 Å². The lowest BCUT2D eigenvalue weighted by Crippen LogP contribution is -2.51. The third-order valence-electron chi connectivity index (χ3n) is 5.62. The zero-order valence-corrected chi connectivity index (χ0v) is 11.6. The molecule has 0 aliphatic heterocycles. The third-order valence-corrected chi connectivity index (χ3v) is 5.62. The SMILES string of the molecule is Nc1cnccc1NC(=O)C12CC3CC(CC(C3)C1)C2. The summed E-state index contributed by atoms with van der Waals surface area (Å²) in [6, 6.07) is 1.79. The Balaban J connectivity index is 1.58. The van der Waals surface area contributed by atoms with Gasteiger partial charge in [0.05, 0.1) is 23.0 Å². The molecular formula is C16H21N3O. The van der Waals surface area contributed by atoms with Gasteiger partial charge in [-0.2, -0.15) is 0 Å². The number of carbonyl (C=O) groups is 1. The molecule has 1 aromatic rings. The Labute approximate surface area is 119 Å². The minimum atomic E-state index is -0.121. The first-order chi connectivity index (χ1) is 9.64. The van der Waals surface area contributed by atoms with Crippen molar-refractivity contribution in [2.75, 3.05) is 11.1 Å². The van der Waals surface area contributed by atoms with Crippen LogP contribution >= 0.6 is 0 Å². The molecular weight excluding hydrogens is 250 g/mol. The quantitative estimate of drug-likeness (QED) is 0.869. The molecule has 0 unspecified atom stereocenters. The number of nitrogens with two attached hydrogens (primary N) is 1. The summed E-state index contributed by atoms with van der Waals surface area (Å²) in [7, 11) is 0. The van der Waals surface area contributed by atoms with Crippen LogP contribution in [0.1, 0.15) is 38.5 Å². The van der Waals surface area contributed by atoms with E-state index in [2.05, 4.69) is 10.3 Å². The number of nitrogen functional groups attached to an aromatic ring is 1. The summed E-state index contributed by atoms with van der Waals surface area (Å²) < 4.78 is 0. The van der Waals surface area contributed by atoms with Gasteiger partial charge in [0.1, 0.15) is 0 Å². The van der Waals surface area contributed by atoms with E-state index in [9.17, 15) is 4.79 Å². The van der Waals surface area contributed by atoms with E-state index in [0.29, 0.717) is 11.4 Å². The topological polar surface area (TPSA) is 68.0 Å². The molecule has 3 N–H and O–H groups in total. The number of nitrogens with one attached hydrogen (secondary N) is 1. The maximum Gasteiger partial charge on any atom is 0.230 e. The molecule has 4 saturated carbocycles. The second-order valence-electron chi connectivity index (χ2n) is 7.11. The lowest BCUT2D eigenvalue weighted by molar-refractivity contribution is -0.140. The number of amides is 1. The Kier molecular flexibility index (Phi) is 2.56. The van der Waals surface area contributed by atoms with E-state index in [1.807, 2.05) is 0 Å². The third kappa shape index (κ3) is 1.81. The smallest absolute Gasteiger partial charge is 0.230 e. The maximum atomic E-state index is 12.8. The van der Waals surface area contributed by atoms with E-state index >= 15 is 0 Å². The van der Waals surface area contributed by atoms with Gasteiger partial charge in [-0.05, 0) is 62.3 Å². The number of hydrogen-bond acceptors (Lipinski definition) is 3. The van der Waals surface area contributed by atoms with Gasteiger partial charge in [-0.1, -0.05) is 0 Å². The van der Waals surface area contributed by atoms with Crippen LogP contribution in [-0.2, 0) is 4.79 Å². The van der Waals surface area contributed by atoms with Gasteiger partial charge in [-0.3, -0.25) is 9.78 Å². The largest absolute Gasteiger partial charge is 0.396 e. The first kappa shape index (κ1) is 12.2. The first-order valence-electron chi connectivity index (χ1n) is 7.65. The number of aromatic nitrogens is 1. The number of anilines is 2. The van der Waals surface area contributed by atoms with Crippen molar-refractivity contribution in [1.29, 1.82) is 0 Å². The summed E-state index contributed by atoms with van der Waals surface area (Å²) >= 11 is 0. The Bertz CT molecular complexity index is 519. The number of nitrogens with zero attached hydrogens (tertiary/aromatic N) is 1. The fourth-order valence-electron chi connectivity index (χ4n) is 5.16. The van der Waals surface area contributed by atoms with Crippen molar-refractivity contribution in [1.82, 2.24) is 4.98 Å². The standard InChI is InChI=1S/C16H21N3O/c17-13-9-18-2-1-14(13)19-15(20)16-6-10-3-11(7-16)5-12(4-10)8-16/h1-2,9-12H,3-8,17H2,(H,18,19,20). The second kappa shape index (κ2) is 4.21. The molecule has 4 heteroatoms. The van der Waals surface area contributed by atoms with Gasteiger partial charge in [0.2, 0.25) is 5.91 Å². The van der Waals surface area contributed by atoms with E-state index in [1.165, 1.54) is 19.3 Å². The molecule has 0 atom stereocenters. The van der Waals surface area contributed by atoms with Crippen LogP contribution in [0, 0.1) is 23.2 Å². The van der Waals surface area contributed by atoms with Crippen molar-refractivity contribution in [3.63, 3.8) is 0 Å². The molecule has 106 valence electrons. The fraction of sp³-hybridized carbons (Fsp3) is 0.625. The van der Waals surface area contributed by atoms with Crippen molar-refractivity contribution in [2.24, 2.45) is 23.2 Å². The normalized spacial score (nSPS) is 37.9. The molecule has 1 aromatic heterocycles. The van der Waals surface area contributed by atoms with Gasteiger partial charge in [-0.25, -0.2) is 0 Å². The molecule has 4 nitrogen and oxygen atoms in total. The highest BCUT2D eigenvalue weighted by Gasteiger charge is 2.54. The van der Waals surface area contributed by atoms with Crippen LogP contribution in [0.25, 0.3) is 0 Å². The van der Waals surface area contributed by atoms with E-state index in [-0.39, 0.29) is 11.3 Å².